The van der Waals surface area contributed by atoms with Gasteiger partial charge in [-0.25, -0.2) is 0 Å². The fraction of sp³-hybridized carbons (Fsp3) is 0.471. The van der Waals surface area contributed by atoms with Crippen LogP contribution in [0.2, 0.25) is 0 Å². The van der Waals surface area contributed by atoms with Crippen LogP contribution in [-0.4, -0.2) is 63.9 Å². The molecule has 0 spiro atoms. The smallest absolute Gasteiger partial charge is 0.350 e. The van der Waals surface area contributed by atoms with Gasteiger partial charge in [-0.05, 0) is 18.9 Å². The Balaban J connectivity index is 0.000000349. The normalized spacial score (nSPS) is 22.4. The lowest BCUT2D eigenvalue weighted by Crippen LogP contribution is -2.44. The zero-order valence-corrected chi connectivity index (χ0v) is 15.4. The molecule has 2 aliphatic heterocycles. The Morgan fingerprint density at radius 3 is 2.65 bits per heavy atom. The fourth-order valence-corrected chi connectivity index (χ4v) is 3.82. The summed E-state index contributed by atoms with van der Waals surface area (Å²) in [6.45, 7) is 6.00. The van der Waals surface area contributed by atoms with E-state index in [0.717, 1.165) is 50.2 Å². The molecule has 26 heavy (non-hydrogen) atoms. The van der Waals surface area contributed by atoms with E-state index in [-0.39, 0.29) is 5.91 Å². The van der Waals surface area contributed by atoms with E-state index < -0.39 is 10.4 Å². The molecule has 3 heterocycles. The largest absolute Gasteiger partial charge is 0.394 e. The van der Waals surface area contributed by atoms with Crippen molar-refractivity contribution in [2.75, 3.05) is 19.6 Å². The molecular formula is C17H23N3O5S. The van der Waals surface area contributed by atoms with E-state index in [1.165, 1.54) is 10.9 Å². The third-order valence-electron chi connectivity index (χ3n) is 4.82. The molecule has 0 saturated carbocycles. The summed E-state index contributed by atoms with van der Waals surface area (Å²) in [5.41, 5.74) is 3.06. The SMILES string of the molecule is CCCN1C(=O)c2[nH]c3ccccc3c2CN2CCC1C2.O=S(=O)(O)O. The molecule has 1 aromatic carbocycles. The highest BCUT2D eigenvalue weighted by atomic mass is 32.3. The number of carbonyl (C=O) groups is 1. The Labute approximate surface area is 152 Å². The van der Waals surface area contributed by atoms with E-state index in [1.807, 2.05) is 6.07 Å². The van der Waals surface area contributed by atoms with Gasteiger partial charge in [0.2, 0.25) is 0 Å². The first kappa shape index (κ1) is 18.8. The van der Waals surface area contributed by atoms with Gasteiger partial charge in [-0.1, -0.05) is 25.1 Å². The van der Waals surface area contributed by atoms with E-state index >= 15 is 0 Å². The minimum Gasteiger partial charge on any atom is -0.350 e. The molecular weight excluding hydrogens is 358 g/mol. The van der Waals surface area contributed by atoms with Crippen LogP contribution in [0.1, 0.15) is 35.8 Å². The molecule has 2 aliphatic rings. The molecule has 1 saturated heterocycles. The summed E-state index contributed by atoms with van der Waals surface area (Å²) >= 11 is 0. The second kappa shape index (κ2) is 7.36. The van der Waals surface area contributed by atoms with Crippen LogP contribution < -0.4 is 0 Å². The number of hydrogen-bond acceptors (Lipinski definition) is 4. The first-order valence-electron chi connectivity index (χ1n) is 8.60. The summed E-state index contributed by atoms with van der Waals surface area (Å²) in [5, 5.41) is 1.20. The van der Waals surface area contributed by atoms with E-state index in [9.17, 15) is 4.79 Å². The topological polar surface area (TPSA) is 114 Å². The number of hydrogen-bond donors (Lipinski definition) is 3. The second-order valence-electron chi connectivity index (χ2n) is 6.65. The number of nitrogens with zero attached hydrogens (tertiary/aromatic N) is 2. The zero-order valence-electron chi connectivity index (χ0n) is 14.6. The van der Waals surface area contributed by atoms with Crippen LogP contribution in [0.3, 0.4) is 0 Å². The molecule has 0 radical (unpaired) electrons. The molecule has 2 unspecified atom stereocenters. The van der Waals surface area contributed by atoms with Crippen molar-refractivity contribution < 1.29 is 22.3 Å². The summed E-state index contributed by atoms with van der Waals surface area (Å²) in [4.78, 5) is 21.0. The number of nitrogens with one attached hydrogen (secondary N) is 1. The lowest BCUT2D eigenvalue weighted by molar-refractivity contribution is 0.0664. The van der Waals surface area contributed by atoms with Gasteiger partial charge in [-0.15, -0.1) is 0 Å². The summed E-state index contributed by atoms with van der Waals surface area (Å²) in [7, 11) is -4.67. The van der Waals surface area contributed by atoms with Crippen molar-refractivity contribution in [3.63, 3.8) is 0 Å². The number of para-hydroxylation sites is 1. The van der Waals surface area contributed by atoms with Crippen molar-refractivity contribution >= 4 is 27.2 Å². The van der Waals surface area contributed by atoms with Gasteiger partial charge in [0.25, 0.3) is 5.91 Å². The number of H-pyrrole nitrogens is 1. The minimum absolute atomic E-state index is 0.189. The maximum atomic E-state index is 13.0. The maximum Gasteiger partial charge on any atom is 0.394 e. The van der Waals surface area contributed by atoms with Crippen molar-refractivity contribution in [1.82, 2.24) is 14.8 Å². The lowest BCUT2D eigenvalue weighted by atomic mass is 10.1. The number of amides is 1. The second-order valence-corrected chi connectivity index (χ2v) is 7.54. The van der Waals surface area contributed by atoms with Gasteiger partial charge in [0, 0.05) is 48.7 Å². The van der Waals surface area contributed by atoms with E-state index in [2.05, 4.69) is 39.9 Å². The third kappa shape index (κ3) is 4.07. The van der Waals surface area contributed by atoms with Crippen LogP contribution in [0, 0.1) is 0 Å². The molecule has 142 valence electrons. The summed E-state index contributed by atoms with van der Waals surface area (Å²) in [5.74, 6) is 0.189. The zero-order chi connectivity index (χ0) is 18.9. The van der Waals surface area contributed by atoms with E-state index in [1.54, 1.807) is 0 Å². The van der Waals surface area contributed by atoms with Crippen molar-refractivity contribution in [3.05, 3.63) is 35.5 Å². The predicted octanol–water partition coefficient (Wildman–Crippen LogP) is 1.96. The van der Waals surface area contributed by atoms with Gasteiger partial charge in [-0.2, -0.15) is 8.42 Å². The predicted molar refractivity (Wildman–Crippen MR) is 97.5 cm³/mol. The Hall–Kier alpha value is -1.94. The number of aromatic nitrogens is 1. The van der Waals surface area contributed by atoms with Crippen LogP contribution in [0.15, 0.2) is 24.3 Å². The van der Waals surface area contributed by atoms with Crippen molar-refractivity contribution in [2.24, 2.45) is 0 Å². The standard InChI is InChI=1S/C17H21N3O.H2O4S/c1-2-8-20-12-7-9-19(10-12)11-14-13-5-3-4-6-15(13)18-16(14)17(20)21;1-5(2,3)4/h3-6,12,18H,2,7-11H2,1H3;(H2,1,2,3,4). The van der Waals surface area contributed by atoms with E-state index in [4.69, 9.17) is 17.5 Å². The Bertz CT molecular complexity index is 900. The van der Waals surface area contributed by atoms with Crippen LogP contribution in [0.25, 0.3) is 10.9 Å². The number of benzene rings is 1. The lowest BCUT2D eigenvalue weighted by Gasteiger charge is -2.31. The average Bonchev–Trinajstić information content (AvgIpc) is 3.16. The van der Waals surface area contributed by atoms with Gasteiger partial charge in [0.15, 0.2) is 0 Å². The minimum atomic E-state index is -4.67. The summed E-state index contributed by atoms with van der Waals surface area (Å²) in [6, 6.07) is 8.64. The van der Waals surface area contributed by atoms with Gasteiger partial charge in [-0.3, -0.25) is 18.8 Å². The summed E-state index contributed by atoms with van der Waals surface area (Å²) in [6.07, 6.45) is 2.12. The van der Waals surface area contributed by atoms with Crippen LogP contribution in [-0.2, 0) is 16.9 Å². The van der Waals surface area contributed by atoms with Crippen LogP contribution in [0.4, 0.5) is 0 Å². The Morgan fingerprint density at radius 2 is 1.96 bits per heavy atom. The number of carbonyl (C=O) groups excluding carboxylic acids is 1. The molecule has 3 N–H and O–H groups in total. The molecule has 2 atom stereocenters. The number of rotatable bonds is 2. The first-order valence-corrected chi connectivity index (χ1v) is 10.0. The quantitative estimate of drug-likeness (QED) is 0.685. The molecule has 1 amide bonds. The van der Waals surface area contributed by atoms with Crippen LogP contribution >= 0.6 is 0 Å². The highest BCUT2D eigenvalue weighted by molar-refractivity contribution is 7.79. The molecule has 2 bridgehead atoms. The fourth-order valence-electron chi connectivity index (χ4n) is 3.82. The van der Waals surface area contributed by atoms with Gasteiger partial charge in [0.1, 0.15) is 5.69 Å². The van der Waals surface area contributed by atoms with Crippen molar-refractivity contribution in [3.8, 4) is 0 Å². The average molecular weight is 381 g/mol. The maximum absolute atomic E-state index is 13.0. The molecule has 0 aliphatic carbocycles. The van der Waals surface area contributed by atoms with Crippen molar-refractivity contribution in [1.29, 1.82) is 0 Å². The van der Waals surface area contributed by atoms with E-state index in [0.29, 0.717) is 6.04 Å². The van der Waals surface area contributed by atoms with Crippen LogP contribution in [0.5, 0.6) is 0 Å². The summed E-state index contributed by atoms with van der Waals surface area (Å²) < 4.78 is 31.6. The number of fused-ring (bicyclic) bond motifs is 5. The Kier molecular flexibility index (Phi) is 5.33. The molecule has 2 aromatic rings. The van der Waals surface area contributed by atoms with Gasteiger partial charge in [0.05, 0.1) is 0 Å². The van der Waals surface area contributed by atoms with Gasteiger partial charge >= 0.3 is 10.4 Å². The van der Waals surface area contributed by atoms with Crippen molar-refractivity contribution in [2.45, 2.75) is 32.4 Å². The monoisotopic (exact) mass is 381 g/mol. The Morgan fingerprint density at radius 1 is 1.27 bits per heavy atom. The van der Waals surface area contributed by atoms with Gasteiger partial charge < -0.3 is 9.88 Å². The highest BCUT2D eigenvalue weighted by Gasteiger charge is 2.36. The number of aromatic amines is 1. The molecule has 4 rings (SSSR count). The molecule has 1 aromatic heterocycles. The highest BCUT2D eigenvalue weighted by Crippen LogP contribution is 2.30. The molecule has 9 heteroatoms. The first-order chi connectivity index (χ1) is 12.3. The molecule has 1 fully saturated rings. The third-order valence-corrected chi connectivity index (χ3v) is 4.82. The molecule has 8 nitrogen and oxygen atoms in total.